The van der Waals surface area contributed by atoms with Gasteiger partial charge in [0.05, 0.1) is 11.6 Å². The van der Waals surface area contributed by atoms with E-state index in [1.54, 1.807) is 11.3 Å². The molecule has 1 aromatic heterocycles. The van der Waals surface area contributed by atoms with Crippen molar-refractivity contribution >= 4 is 35.6 Å². The van der Waals surface area contributed by atoms with Gasteiger partial charge in [-0.05, 0) is 18.2 Å². The lowest BCUT2D eigenvalue weighted by Crippen LogP contribution is -2.00. The first-order valence-corrected chi connectivity index (χ1v) is 7.03. The molecule has 0 aliphatic heterocycles. The zero-order chi connectivity index (χ0) is 12.1. The van der Waals surface area contributed by atoms with E-state index in [0.717, 1.165) is 22.9 Å². The smallest absolute Gasteiger partial charge is 0.120 e. The van der Waals surface area contributed by atoms with Crippen molar-refractivity contribution in [2.75, 3.05) is 6.61 Å². The third-order valence-corrected chi connectivity index (χ3v) is 3.98. The summed E-state index contributed by atoms with van der Waals surface area (Å²) in [4.78, 5) is 5.49. The van der Waals surface area contributed by atoms with Gasteiger partial charge in [-0.1, -0.05) is 17.7 Å². The molecular weight excluding hydrogens is 274 g/mol. The second kappa shape index (κ2) is 6.28. The van der Waals surface area contributed by atoms with Crippen LogP contribution in [0.4, 0.5) is 0 Å². The van der Waals surface area contributed by atoms with Gasteiger partial charge in [0.1, 0.15) is 5.75 Å². The fourth-order valence-electron chi connectivity index (χ4n) is 1.35. The van der Waals surface area contributed by atoms with Crippen LogP contribution in [0.1, 0.15) is 9.88 Å². The molecule has 0 aliphatic carbocycles. The molecule has 0 radical (unpaired) electrons. The summed E-state index contributed by atoms with van der Waals surface area (Å²) in [5.41, 5.74) is 0. The average molecular weight is 286 g/mol. The molecule has 2 aromatic rings. The molecule has 0 spiro atoms. The van der Waals surface area contributed by atoms with Gasteiger partial charge in [-0.3, -0.25) is 0 Å². The van der Waals surface area contributed by atoms with Gasteiger partial charge in [0.25, 0.3) is 0 Å². The number of aromatic nitrogens is 1. The largest absolute Gasteiger partial charge is 0.493 e. The number of ether oxygens (including phenoxy) is 1. The van der Waals surface area contributed by atoms with E-state index >= 15 is 0 Å². The Morgan fingerprint density at radius 2 is 2.29 bits per heavy atom. The summed E-state index contributed by atoms with van der Waals surface area (Å²) in [7, 11) is 0. The standard InChI is InChI=1S/C12H12ClNOS2/c13-9-2-1-3-10(6-9)15-5-4-12-14-7-11(8-16)17-12/h1-3,6-7,16H,4-5,8H2. The summed E-state index contributed by atoms with van der Waals surface area (Å²) in [6.07, 6.45) is 2.68. The van der Waals surface area contributed by atoms with E-state index in [1.807, 2.05) is 30.5 Å². The van der Waals surface area contributed by atoms with Gasteiger partial charge in [0, 0.05) is 28.3 Å². The van der Waals surface area contributed by atoms with Crippen molar-refractivity contribution in [3.8, 4) is 5.75 Å². The van der Waals surface area contributed by atoms with Crippen molar-refractivity contribution in [2.45, 2.75) is 12.2 Å². The lowest BCUT2D eigenvalue weighted by atomic mass is 10.3. The summed E-state index contributed by atoms with van der Waals surface area (Å²) in [5, 5.41) is 1.77. The van der Waals surface area contributed by atoms with Gasteiger partial charge >= 0.3 is 0 Å². The molecule has 0 saturated carbocycles. The minimum Gasteiger partial charge on any atom is -0.493 e. The summed E-state index contributed by atoms with van der Waals surface area (Å²) < 4.78 is 5.60. The highest BCUT2D eigenvalue weighted by atomic mass is 35.5. The van der Waals surface area contributed by atoms with Crippen LogP contribution in [-0.4, -0.2) is 11.6 Å². The Kier molecular flexibility index (Phi) is 4.71. The third-order valence-electron chi connectivity index (χ3n) is 2.14. The lowest BCUT2D eigenvalue weighted by Gasteiger charge is -2.04. The van der Waals surface area contributed by atoms with E-state index < -0.39 is 0 Å². The zero-order valence-electron chi connectivity index (χ0n) is 9.10. The van der Waals surface area contributed by atoms with Crippen LogP contribution in [0.3, 0.4) is 0 Å². The van der Waals surface area contributed by atoms with Gasteiger partial charge in [0.2, 0.25) is 0 Å². The van der Waals surface area contributed by atoms with E-state index in [2.05, 4.69) is 17.6 Å². The Hall–Kier alpha value is -0.710. The highest BCUT2D eigenvalue weighted by Gasteiger charge is 2.01. The van der Waals surface area contributed by atoms with E-state index in [0.29, 0.717) is 11.6 Å². The maximum Gasteiger partial charge on any atom is 0.120 e. The fraction of sp³-hybridized carbons (Fsp3) is 0.250. The van der Waals surface area contributed by atoms with Gasteiger partial charge in [-0.15, -0.1) is 11.3 Å². The molecule has 1 heterocycles. The molecule has 0 fully saturated rings. The number of halogens is 1. The molecule has 0 atom stereocenters. The normalized spacial score (nSPS) is 10.5. The van der Waals surface area contributed by atoms with E-state index in [-0.39, 0.29) is 0 Å². The molecule has 0 aliphatic rings. The first-order chi connectivity index (χ1) is 8.28. The second-order valence-corrected chi connectivity index (χ2v) is 5.39. The molecule has 0 N–H and O–H groups in total. The average Bonchev–Trinajstić information content (AvgIpc) is 2.77. The van der Waals surface area contributed by atoms with Crippen LogP contribution in [0.5, 0.6) is 5.75 Å². The summed E-state index contributed by atoms with van der Waals surface area (Å²) >= 11 is 11.7. The predicted octanol–water partition coefficient (Wildman–Crippen LogP) is 3.85. The van der Waals surface area contributed by atoms with Crippen LogP contribution in [-0.2, 0) is 12.2 Å². The molecule has 1 aromatic carbocycles. The Morgan fingerprint density at radius 3 is 3.00 bits per heavy atom. The highest BCUT2D eigenvalue weighted by molar-refractivity contribution is 7.79. The van der Waals surface area contributed by atoms with E-state index in [9.17, 15) is 0 Å². The van der Waals surface area contributed by atoms with Crippen molar-refractivity contribution in [2.24, 2.45) is 0 Å². The topological polar surface area (TPSA) is 22.1 Å². The first kappa shape index (κ1) is 12.7. The number of hydrogen-bond donors (Lipinski definition) is 1. The van der Waals surface area contributed by atoms with Crippen LogP contribution in [0.15, 0.2) is 30.5 Å². The minimum absolute atomic E-state index is 0.611. The van der Waals surface area contributed by atoms with Crippen molar-refractivity contribution < 1.29 is 4.74 Å². The molecule has 0 unspecified atom stereocenters. The first-order valence-electron chi connectivity index (χ1n) is 5.21. The Bertz CT molecular complexity index is 487. The van der Waals surface area contributed by atoms with Crippen molar-refractivity contribution in [1.82, 2.24) is 4.98 Å². The third kappa shape index (κ3) is 3.91. The molecule has 2 rings (SSSR count). The molecule has 90 valence electrons. The van der Waals surface area contributed by atoms with Crippen molar-refractivity contribution in [3.05, 3.63) is 45.4 Å². The van der Waals surface area contributed by atoms with Gasteiger partial charge in [-0.25, -0.2) is 4.98 Å². The summed E-state index contributed by atoms with van der Waals surface area (Å²) in [6.45, 7) is 0.611. The monoisotopic (exact) mass is 285 g/mol. The molecule has 0 bridgehead atoms. The maximum atomic E-state index is 5.86. The van der Waals surface area contributed by atoms with Crippen molar-refractivity contribution in [3.63, 3.8) is 0 Å². The highest BCUT2D eigenvalue weighted by Crippen LogP contribution is 2.18. The van der Waals surface area contributed by atoms with Crippen LogP contribution >= 0.6 is 35.6 Å². The second-order valence-electron chi connectivity index (χ2n) is 3.43. The molecule has 0 saturated heterocycles. The molecule has 5 heteroatoms. The van der Waals surface area contributed by atoms with E-state index in [1.165, 1.54) is 4.88 Å². The van der Waals surface area contributed by atoms with Crippen LogP contribution in [0, 0.1) is 0 Å². The molecule has 0 amide bonds. The van der Waals surface area contributed by atoms with Gasteiger partial charge in [-0.2, -0.15) is 12.6 Å². The van der Waals surface area contributed by atoms with Crippen LogP contribution in [0.25, 0.3) is 0 Å². The van der Waals surface area contributed by atoms with Gasteiger partial charge in [0.15, 0.2) is 0 Å². The number of rotatable bonds is 5. The lowest BCUT2D eigenvalue weighted by molar-refractivity contribution is 0.322. The van der Waals surface area contributed by atoms with Crippen molar-refractivity contribution in [1.29, 1.82) is 0 Å². The molecular formula is C12H12ClNOS2. The van der Waals surface area contributed by atoms with Crippen LogP contribution < -0.4 is 4.74 Å². The number of thiol groups is 1. The quantitative estimate of drug-likeness (QED) is 0.843. The molecule has 2 nitrogen and oxygen atoms in total. The van der Waals surface area contributed by atoms with Crippen LogP contribution in [0.2, 0.25) is 5.02 Å². The van der Waals surface area contributed by atoms with Gasteiger partial charge < -0.3 is 4.74 Å². The zero-order valence-corrected chi connectivity index (χ0v) is 11.6. The summed E-state index contributed by atoms with van der Waals surface area (Å²) in [6, 6.07) is 7.41. The number of thiazole rings is 1. The Morgan fingerprint density at radius 1 is 1.41 bits per heavy atom. The minimum atomic E-state index is 0.611. The fourth-order valence-corrected chi connectivity index (χ4v) is 2.57. The molecule has 17 heavy (non-hydrogen) atoms. The SMILES string of the molecule is SCc1cnc(CCOc2cccc(Cl)c2)s1. The maximum absolute atomic E-state index is 5.86. The Labute approximate surface area is 115 Å². The number of nitrogens with zero attached hydrogens (tertiary/aromatic N) is 1. The predicted molar refractivity (Wildman–Crippen MR) is 75.5 cm³/mol. The Balaban J connectivity index is 1.83. The summed E-state index contributed by atoms with van der Waals surface area (Å²) in [5.74, 6) is 1.54. The number of benzene rings is 1. The number of hydrogen-bond acceptors (Lipinski definition) is 4. The van der Waals surface area contributed by atoms with E-state index in [4.69, 9.17) is 16.3 Å².